The fraction of sp³-hybridized carbons (Fsp3) is 0.167. The highest BCUT2D eigenvalue weighted by atomic mass is 19.4. The molecular formula is C12H9F3N2O2. The number of hydrogen-bond donors (Lipinski definition) is 0. The number of benzene rings is 1. The van der Waals surface area contributed by atoms with Crippen molar-refractivity contribution < 1.29 is 13.2 Å². The van der Waals surface area contributed by atoms with Crippen molar-refractivity contribution in [3.05, 3.63) is 62.9 Å². The lowest BCUT2D eigenvalue weighted by molar-refractivity contribution is -0.144. The van der Waals surface area contributed by atoms with Crippen molar-refractivity contribution in [1.82, 2.24) is 9.13 Å². The molecule has 0 saturated carbocycles. The Hall–Kier alpha value is -2.31. The maximum Gasteiger partial charge on any atom is 0.431 e. The second kappa shape index (κ2) is 4.42. The van der Waals surface area contributed by atoms with Crippen LogP contribution in [0, 0.1) is 0 Å². The molecule has 100 valence electrons. The Balaban J connectivity index is 2.79. The van der Waals surface area contributed by atoms with Crippen LogP contribution >= 0.6 is 0 Å². The first-order valence-corrected chi connectivity index (χ1v) is 5.28. The first-order chi connectivity index (χ1) is 8.82. The first kappa shape index (κ1) is 13.1. The van der Waals surface area contributed by atoms with Crippen LogP contribution in [0.4, 0.5) is 13.2 Å². The number of alkyl halides is 3. The molecule has 0 radical (unpaired) electrons. The number of rotatable bonds is 1. The summed E-state index contributed by atoms with van der Waals surface area (Å²) in [5, 5.41) is 0. The van der Waals surface area contributed by atoms with Crippen LogP contribution in [0.2, 0.25) is 0 Å². The van der Waals surface area contributed by atoms with Crippen molar-refractivity contribution in [2.45, 2.75) is 6.18 Å². The van der Waals surface area contributed by atoms with Crippen LogP contribution in [-0.4, -0.2) is 9.13 Å². The molecule has 1 aromatic heterocycles. The Morgan fingerprint density at radius 3 is 2.16 bits per heavy atom. The minimum Gasteiger partial charge on any atom is -0.292 e. The molecule has 0 aliphatic carbocycles. The number of hydrogen-bond acceptors (Lipinski definition) is 2. The lowest BCUT2D eigenvalue weighted by atomic mass is 10.3. The van der Waals surface area contributed by atoms with E-state index < -0.39 is 23.1 Å². The maximum atomic E-state index is 12.6. The Morgan fingerprint density at radius 1 is 1.05 bits per heavy atom. The van der Waals surface area contributed by atoms with E-state index in [1.807, 2.05) is 0 Å². The van der Waals surface area contributed by atoms with Gasteiger partial charge in [-0.15, -0.1) is 0 Å². The normalized spacial score (nSPS) is 11.6. The summed E-state index contributed by atoms with van der Waals surface area (Å²) in [5.41, 5.74) is -3.09. The minimum absolute atomic E-state index is 0.224. The Bertz CT molecular complexity index is 714. The monoisotopic (exact) mass is 270 g/mol. The van der Waals surface area contributed by atoms with E-state index in [9.17, 15) is 22.8 Å². The molecule has 4 nitrogen and oxygen atoms in total. The Labute approximate surface area is 105 Å². The maximum absolute atomic E-state index is 12.6. The van der Waals surface area contributed by atoms with E-state index in [-0.39, 0.29) is 5.69 Å². The molecule has 0 saturated heterocycles. The van der Waals surface area contributed by atoms with E-state index in [0.717, 1.165) is 7.05 Å². The minimum atomic E-state index is -4.75. The summed E-state index contributed by atoms with van der Waals surface area (Å²) in [7, 11) is 0.976. The molecule has 2 aromatic rings. The van der Waals surface area contributed by atoms with Crippen molar-refractivity contribution in [2.75, 3.05) is 0 Å². The molecule has 0 aliphatic heterocycles. The number of para-hydroxylation sites is 1. The fourth-order valence-electron chi connectivity index (χ4n) is 1.71. The van der Waals surface area contributed by atoms with Gasteiger partial charge in [-0.2, -0.15) is 13.2 Å². The molecule has 0 N–H and O–H groups in total. The molecule has 0 spiro atoms. The molecule has 0 bridgehead atoms. The van der Waals surface area contributed by atoms with Crippen LogP contribution in [0.3, 0.4) is 0 Å². The second-order valence-electron chi connectivity index (χ2n) is 3.88. The molecule has 2 rings (SSSR count). The molecule has 1 heterocycles. The quantitative estimate of drug-likeness (QED) is 0.789. The lowest BCUT2D eigenvalue weighted by Crippen LogP contribution is -2.40. The van der Waals surface area contributed by atoms with Crippen LogP contribution in [0.1, 0.15) is 5.69 Å². The zero-order valence-electron chi connectivity index (χ0n) is 9.81. The summed E-state index contributed by atoms with van der Waals surface area (Å²) in [6.45, 7) is 0. The van der Waals surface area contributed by atoms with E-state index in [2.05, 4.69) is 0 Å². The van der Waals surface area contributed by atoms with Crippen LogP contribution in [-0.2, 0) is 13.2 Å². The predicted molar refractivity (Wildman–Crippen MR) is 62.3 cm³/mol. The smallest absolute Gasteiger partial charge is 0.292 e. The molecule has 0 aliphatic rings. The van der Waals surface area contributed by atoms with E-state index in [1.165, 1.54) is 12.1 Å². The van der Waals surface area contributed by atoms with Crippen molar-refractivity contribution in [3.63, 3.8) is 0 Å². The van der Waals surface area contributed by atoms with Gasteiger partial charge in [0.05, 0.1) is 5.69 Å². The summed E-state index contributed by atoms with van der Waals surface area (Å²) < 4.78 is 39.0. The third-order valence-electron chi connectivity index (χ3n) is 2.62. The van der Waals surface area contributed by atoms with Gasteiger partial charge in [0.2, 0.25) is 0 Å². The highest BCUT2D eigenvalue weighted by Crippen LogP contribution is 2.26. The van der Waals surface area contributed by atoms with E-state index in [1.54, 1.807) is 18.2 Å². The molecule has 0 atom stereocenters. The van der Waals surface area contributed by atoms with Gasteiger partial charge >= 0.3 is 11.9 Å². The number of halogens is 3. The lowest BCUT2D eigenvalue weighted by Gasteiger charge is -2.13. The topological polar surface area (TPSA) is 44.0 Å². The zero-order valence-corrected chi connectivity index (χ0v) is 9.81. The van der Waals surface area contributed by atoms with Gasteiger partial charge in [0.25, 0.3) is 5.56 Å². The van der Waals surface area contributed by atoms with Gasteiger partial charge in [-0.3, -0.25) is 9.36 Å². The van der Waals surface area contributed by atoms with Gasteiger partial charge in [0.15, 0.2) is 0 Å². The predicted octanol–water partition coefficient (Wildman–Crippen LogP) is 1.55. The second-order valence-corrected chi connectivity index (χ2v) is 3.88. The highest BCUT2D eigenvalue weighted by molar-refractivity contribution is 5.31. The standard InChI is InChI=1S/C12H9F3N2O2/c1-16-9(12(13,14)15)7-10(18)17(11(16)19)8-5-3-2-4-6-8/h2-7H,1H3. The first-order valence-electron chi connectivity index (χ1n) is 5.28. The van der Waals surface area contributed by atoms with Gasteiger partial charge in [0.1, 0.15) is 5.69 Å². The molecular weight excluding hydrogens is 261 g/mol. The summed E-state index contributed by atoms with van der Waals surface area (Å²) in [4.78, 5) is 23.6. The molecule has 0 fully saturated rings. The summed E-state index contributed by atoms with van der Waals surface area (Å²) >= 11 is 0. The molecule has 7 heteroatoms. The van der Waals surface area contributed by atoms with E-state index >= 15 is 0 Å². The largest absolute Gasteiger partial charge is 0.431 e. The average Bonchev–Trinajstić information content (AvgIpc) is 2.34. The van der Waals surface area contributed by atoms with Crippen molar-refractivity contribution in [2.24, 2.45) is 7.05 Å². The van der Waals surface area contributed by atoms with Gasteiger partial charge in [-0.1, -0.05) is 18.2 Å². The van der Waals surface area contributed by atoms with Crippen LogP contribution in [0.15, 0.2) is 46.0 Å². The third-order valence-corrected chi connectivity index (χ3v) is 2.62. The van der Waals surface area contributed by atoms with Crippen LogP contribution in [0.5, 0.6) is 0 Å². The third kappa shape index (κ3) is 2.31. The molecule has 1 aromatic carbocycles. The molecule has 0 unspecified atom stereocenters. The average molecular weight is 270 g/mol. The van der Waals surface area contributed by atoms with Gasteiger partial charge < -0.3 is 0 Å². The van der Waals surface area contributed by atoms with Gasteiger partial charge in [-0.05, 0) is 12.1 Å². The van der Waals surface area contributed by atoms with Gasteiger partial charge in [-0.25, -0.2) is 9.36 Å². The molecule has 0 amide bonds. The zero-order chi connectivity index (χ0) is 14.2. The SMILES string of the molecule is Cn1c(C(F)(F)F)cc(=O)n(-c2ccccc2)c1=O. The van der Waals surface area contributed by atoms with E-state index in [0.29, 0.717) is 15.2 Å². The Kier molecular flexibility index (Phi) is 3.05. The van der Waals surface area contributed by atoms with Crippen LogP contribution in [0.25, 0.3) is 5.69 Å². The number of nitrogens with zero attached hydrogens (tertiary/aromatic N) is 2. The van der Waals surface area contributed by atoms with Crippen molar-refractivity contribution in [1.29, 1.82) is 0 Å². The fourth-order valence-corrected chi connectivity index (χ4v) is 1.71. The van der Waals surface area contributed by atoms with E-state index in [4.69, 9.17) is 0 Å². The summed E-state index contributed by atoms with van der Waals surface area (Å²) in [6.07, 6.45) is -4.75. The number of aromatic nitrogens is 2. The van der Waals surface area contributed by atoms with Gasteiger partial charge in [0, 0.05) is 13.1 Å². The summed E-state index contributed by atoms with van der Waals surface area (Å²) in [6, 6.07) is 8.18. The van der Waals surface area contributed by atoms with Crippen molar-refractivity contribution in [3.8, 4) is 5.69 Å². The van der Waals surface area contributed by atoms with Crippen LogP contribution < -0.4 is 11.2 Å². The molecule has 19 heavy (non-hydrogen) atoms. The summed E-state index contributed by atoms with van der Waals surface area (Å²) in [5.74, 6) is 0. The van der Waals surface area contributed by atoms with Crippen molar-refractivity contribution >= 4 is 0 Å². The Morgan fingerprint density at radius 2 is 1.63 bits per heavy atom. The highest BCUT2D eigenvalue weighted by Gasteiger charge is 2.34.